The van der Waals surface area contributed by atoms with E-state index >= 15 is 0 Å². The summed E-state index contributed by atoms with van der Waals surface area (Å²) in [5, 5.41) is 17.6. The zero-order valence-corrected chi connectivity index (χ0v) is 64.4. The van der Waals surface area contributed by atoms with E-state index in [0.29, 0.717) is 78.8 Å². The Kier molecular flexibility index (Phi) is 23.7. The zero-order chi connectivity index (χ0) is 80.0. The van der Waals surface area contributed by atoms with E-state index in [1.807, 2.05) is 213 Å². The highest BCUT2D eigenvalue weighted by Gasteiger charge is 2.46. The van der Waals surface area contributed by atoms with Crippen LogP contribution in [-0.4, -0.2) is 70.8 Å². The Balaban J connectivity index is 0.000000118. The lowest BCUT2D eigenvalue weighted by molar-refractivity contribution is -0.120. The summed E-state index contributed by atoms with van der Waals surface area (Å²) in [4.78, 5) is 113. The van der Waals surface area contributed by atoms with Crippen molar-refractivity contribution in [3.63, 3.8) is 0 Å². The van der Waals surface area contributed by atoms with Crippen LogP contribution in [-0.2, 0) is 58.0 Å². The van der Waals surface area contributed by atoms with Gasteiger partial charge in [-0.25, -0.2) is 4.98 Å². The van der Waals surface area contributed by atoms with E-state index in [-0.39, 0.29) is 70.7 Å². The molecule has 19 rings (SSSR count). The minimum Gasteiger partial charge on any atom is -0.348 e. The average molecular weight is 1540 g/mol. The van der Waals surface area contributed by atoms with Gasteiger partial charge in [0.25, 0.3) is 17.7 Å². The van der Waals surface area contributed by atoms with Crippen LogP contribution in [0.4, 0.5) is 5.82 Å². The molecule has 3 amide bonds. The Morgan fingerprint density at radius 3 is 1.03 bits per heavy atom. The second kappa shape index (κ2) is 36.0. The van der Waals surface area contributed by atoms with Gasteiger partial charge in [-0.15, -0.1) is 0 Å². The van der Waals surface area contributed by atoms with Gasteiger partial charge in [0.1, 0.15) is 29.0 Å². The van der Waals surface area contributed by atoms with Crippen molar-refractivity contribution in [3.05, 3.63) is 401 Å². The maximum absolute atomic E-state index is 12.8. The third-order valence-corrected chi connectivity index (χ3v) is 22.6. The third kappa shape index (κ3) is 20.0. The van der Waals surface area contributed by atoms with E-state index in [9.17, 15) is 33.6 Å². The normalized spacial score (nSPS) is 17.7. The summed E-state index contributed by atoms with van der Waals surface area (Å²) in [6.07, 6.45) is 23.2. The first-order chi connectivity index (χ1) is 57.3. The van der Waals surface area contributed by atoms with Gasteiger partial charge in [0.15, 0.2) is 0 Å². The van der Waals surface area contributed by atoms with E-state index in [4.69, 9.17) is 0 Å². The molecule has 0 spiro atoms. The maximum atomic E-state index is 12.8. The smallest absolute Gasteiger partial charge is 0.256 e. The Labute approximate surface area is 678 Å². The number of rotatable bonds is 24. The van der Waals surface area contributed by atoms with Crippen LogP contribution in [0.3, 0.4) is 0 Å². The summed E-state index contributed by atoms with van der Waals surface area (Å²) in [7, 11) is 0. The van der Waals surface area contributed by atoms with Crippen molar-refractivity contribution >= 4 is 89.8 Å². The number of nitrogens with one attached hydrogen (secondary N) is 3. The minimum absolute atomic E-state index is 0.0568. The summed E-state index contributed by atoms with van der Waals surface area (Å²) in [6, 6.07) is 86.7. The zero-order valence-electron chi connectivity index (χ0n) is 64.4. The van der Waals surface area contributed by atoms with Crippen molar-refractivity contribution in [2.24, 2.45) is 23.7 Å². The molecule has 4 saturated carbocycles. The Morgan fingerprint density at radius 2 is 0.624 bits per heavy atom. The van der Waals surface area contributed by atoms with Crippen molar-refractivity contribution in [2.45, 2.75) is 88.1 Å². The summed E-state index contributed by atoms with van der Waals surface area (Å²) in [6.45, 7) is 0.864. The lowest BCUT2D eigenvalue weighted by Crippen LogP contribution is -2.23. The summed E-state index contributed by atoms with van der Waals surface area (Å²) in [5.41, 5.74) is 12.5. The molecule has 0 saturated heterocycles. The third-order valence-electron chi connectivity index (χ3n) is 22.6. The molecular weight excluding hydrogens is 1450 g/mol. The SMILES string of the molecule is O=C(Cc1ccc2cnccc2c1)C1CC1c1ccccc1.O=C(NCc1ccccn1)c1ccc(C2CC2C(=O)Cc2ccc3ccccc3c2)cc1.O=C(NCc1ccncc1)c1ccc(C2CC2C(=O)Cc2ccc3cnccc3c2)cc1.O=C(Nc1ccccn1)c1ccc(C2CC2C(=O)Cc2ccc3cnccc3c2)cc1. The first-order valence-corrected chi connectivity index (χ1v) is 39.8. The molecule has 6 heterocycles. The van der Waals surface area contributed by atoms with Gasteiger partial charge in [-0.05, 0) is 217 Å². The lowest BCUT2D eigenvalue weighted by Gasteiger charge is -2.07. The van der Waals surface area contributed by atoms with Crippen LogP contribution in [0.5, 0.6) is 0 Å². The largest absolute Gasteiger partial charge is 0.348 e. The van der Waals surface area contributed by atoms with Crippen molar-refractivity contribution in [3.8, 4) is 0 Å². The van der Waals surface area contributed by atoms with E-state index in [1.54, 1.807) is 55.5 Å². The first-order valence-electron chi connectivity index (χ1n) is 39.8. The van der Waals surface area contributed by atoms with Gasteiger partial charge in [-0.1, -0.05) is 176 Å². The molecule has 16 heteroatoms. The molecule has 4 aliphatic carbocycles. The van der Waals surface area contributed by atoms with E-state index in [0.717, 1.165) is 108 Å². The van der Waals surface area contributed by atoms with Crippen LogP contribution in [0.15, 0.2) is 329 Å². The molecule has 16 nitrogen and oxygen atoms in total. The number of hydrogen-bond donors (Lipinski definition) is 3. The topological polar surface area (TPSA) is 233 Å². The fourth-order valence-electron chi connectivity index (χ4n) is 15.6. The molecule has 6 aromatic heterocycles. The number of nitrogens with zero attached hydrogens (tertiary/aromatic N) is 6. The average Bonchev–Trinajstić information content (AvgIpc) is 1.66. The number of anilines is 1. The molecule has 0 radical (unpaired) electrons. The highest BCUT2D eigenvalue weighted by molar-refractivity contribution is 6.04. The van der Waals surface area contributed by atoms with Crippen LogP contribution in [0, 0.1) is 23.7 Å². The highest BCUT2D eigenvalue weighted by atomic mass is 16.2. The molecule has 4 fully saturated rings. The van der Waals surface area contributed by atoms with Crippen molar-refractivity contribution < 1.29 is 33.6 Å². The Morgan fingerprint density at radius 1 is 0.274 bits per heavy atom. The fourth-order valence-corrected chi connectivity index (χ4v) is 15.6. The summed E-state index contributed by atoms with van der Waals surface area (Å²) < 4.78 is 0. The first kappa shape index (κ1) is 77.0. The minimum atomic E-state index is -0.194. The molecule has 8 atom stereocenters. The number of carbonyl (C=O) groups excluding carboxylic acids is 7. The van der Waals surface area contributed by atoms with Crippen LogP contribution in [0.1, 0.15) is 136 Å². The molecule has 9 aromatic carbocycles. The van der Waals surface area contributed by atoms with Gasteiger partial charge in [-0.3, -0.25) is 58.5 Å². The Hall–Kier alpha value is -14.0. The van der Waals surface area contributed by atoms with Crippen LogP contribution in [0.2, 0.25) is 0 Å². The van der Waals surface area contributed by atoms with Crippen molar-refractivity contribution in [1.29, 1.82) is 0 Å². The fraction of sp³-hybridized carbons (Fsp3) is 0.178. The van der Waals surface area contributed by atoms with Gasteiger partial charge < -0.3 is 16.0 Å². The van der Waals surface area contributed by atoms with Crippen LogP contribution >= 0.6 is 0 Å². The number of ketones is 4. The molecule has 117 heavy (non-hydrogen) atoms. The van der Waals surface area contributed by atoms with Gasteiger partial charge in [0, 0.05) is 151 Å². The number of Topliss-reactive ketones (excluding diaryl/α,β-unsaturated/α-hetero) is 4. The second-order valence-corrected chi connectivity index (χ2v) is 30.7. The number of aromatic nitrogens is 6. The predicted octanol–water partition coefficient (Wildman–Crippen LogP) is 18.5. The molecule has 15 aromatic rings. The number of hydrogen-bond acceptors (Lipinski definition) is 13. The van der Waals surface area contributed by atoms with Crippen molar-refractivity contribution in [2.75, 3.05) is 5.32 Å². The van der Waals surface area contributed by atoms with E-state index in [2.05, 4.69) is 107 Å². The predicted molar refractivity (Wildman–Crippen MR) is 456 cm³/mol. The number of fused-ring (bicyclic) bond motifs is 4. The Bertz CT molecular complexity index is 5900. The summed E-state index contributed by atoms with van der Waals surface area (Å²) >= 11 is 0. The van der Waals surface area contributed by atoms with E-state index in [1.165, 1.54) is 16.3 Å². The van der Waals surface area contributed by atoms with E-state index < -0.39 is 0 Å². The molecule has 3 N–H and O–H groups in total. The monoisotopic (exact) mass is 1540 g/mol. The van der Waals surface area contributed by atoms with Crippen LogP contribution < -0.4 is 16.0 Å². The molecule has 0 aliphatic heterocycles. The maximum Gasteiger partial charge on any atom is 0.256 e. The second-order valence-electron chi connectivity index (χ2n) is 30.7. The quantitative estimate of drug-likeness (QED) is 0.0511. The standard InChI is InChI=1S/C28H24N2O2.C27H23N3O2.C26H21N3O2.C20H17NO/c31-27(16-19-8-9-20-5-1-2-6-23(20)15-19)26-17-25(26)21-10-12-22(13-11-21)28(32)30-18-24-7-3-4-14-29-24;31-26(14-19-1-2-23-17-29-12-9-22(23)13-19)25-15-24(25)20-3-5-21(6-4-20)27(32)30-16-18-7-10-28-11-8-18;30-24(14-17-4-5-21-16-27-12-10-20(21)13-17)23-15-22(23)18-6-8-19(9-7-18)26(31)29-25-3-1-2-11-28-25;22-20(19-12-18(19)15-4-2-1-3-5-15)11-14-6-7-17-13-21-9-8-16(17)10-14/h1-15,25-26H,16-18H2,(H,30,32);1-13,17,24-25H,14-16H2,(H,30,32);1-13,16,22-23H,14-15H2,(H,28,29,31);1-10,13,18-19H,11-12H2. The van der Waals surface area contributed by atoms with Gasteiger partial charge in [-0.2, -0.15) is 0 Å². The number of pyridine rings is 6. The highest BCUT2D eigenvalue weighted by Crippen LogP contribution is 2.51. The number of benzene rings is 9. The van der Waals surface area contributed by atoms with Gasteiger partial charge >= 0.3 is 0 Å². The molecule has 8 unspecified atom stereocenters. The number of carbonyl (C=O) groups is 7. The lowest BCUT2D eigenvalue weighted by atomic mass is 9.99. The summed E-state index contributed by atoms with van der Waals surface area (Å²) in [5.74, 6) is 2.89. The van der Waals surface area contributed by atoms with Gasteiger partial charge in [0.05, 0.1) is 12.2 Å². The molecular formula is C101H85N9O7. The van der Waals surface area contributed by atoms with Crippen molar-refractivity contribution in [1.82, 2.24) is 40.5 Å². The van der Waals surface area contributed by atoms with Crippen LogP contribution in [0.25, 0.3) is 43.1 Å². The van der Waals surface area contributed by atoms with Gasteiger partial charge in [0.2, 0.25) is 0 Å². The number of amides is 3. The molecule has 4 aliphatic rings. The molecule has 576 valence electrons. The molecule has 0 bridgehead atoms.